The Hall–Kier alpha value is -2.87. The zero-order valence-electron chi connectivity index (χ0n) is 16.1. The van der Waals surface area contributed by atoms with Crippen LogP contribution < -0.4 is 5.32 Å². The monoisotopic (exact) mass is 355 g/mol. The van der Waals surface area contributed by atoms with Crippen molar-refractivity contribution in [3.05, 3.63) is 101 Å². The molecule has 1 amide bonds. The zero-order valence-corrected chi connectivity index (χ0v) is 16.1. The summed E-state index contributed by atoms with van der Waals surface area (Å²) in [6, 6.07) is 25.2. The molecule has 0 saturated heterocycles. The smallest absolute Gasteiger partial charge is 0.228 e. The first-order valence-corrected chi connectivity index (χ1v) is 9.51. The molecule has 0 unspecified atom stereocenters. The molecule has 0 radical (unpaired) electrons. The summed E-state index contributed by atoms with van der Waals surface area (Å²) in [5.41, 5.74) is 6.71. The van der Waals surface area contributed by atoms with Crippen molar-refractivity contribution in [3.8, 4) is 0 Å². The van der Waals surface area contributed by atoms with E-state index in [-0.39, 0.29) is 17.2 Å². The normalized spacial score (nSPS) is 17.4. The highest BCUT2D eigenvalue weighted by Crippen LogP contribution is 2.59. The predicted molar refractivity (Wildman–Crippen MR) is 111 cm³/mol. The minimum absolute atomic E-state index is 0.0541. The minimum atomic E-state index is -0.230. The number of benzene rings is 3. The zero-order chi connectivity index (χ0) is 19.0. The highest BCUT2D eigenvalue weighted by Gasteiger charge is 2.60. The van der Waals surface area contributed by atoms with Crippen LogP contribution in [0.5, 0.6) is 0 Å². The molecular weight excluding hydrogens is 330 g/mol. The quantitative estimate of drug-likeness (QED) is 0.652. The Kier molecular flexibility index (Phi) is 4.35. The van der Waals surface area contributed by atoms with Crippen molar-refractivity contribution in [2.24, 2.45) is 5.92 Å². The Morgan fingerprint density at radius 2 is 1.33 bits per heavy atom. The largest absolute Gasteiger partial charge is 0.326 e. The molecule has 1 atom stereocenters. The number of hydrogen-bond acceptors (Lipinski definition) is 1. The fourth-order valence-electron chi connectivity index (χ4n) is 4.18. The highest BCUT2D eigenvalue weighted by molar-refractivity contribution is 5.97. The van der Waals surface area contributed by atoms with Crippen molar-refractivity contribution in [1.29, 1.82) is 0 Å². The van der Waals surface area contributed by atoms with Crippen molar-refractivity contribution in [2.75, 3.05) is 5.32 Å². The van der Waals surface area contributed by atoms with E-state index in [0.717, 1.165) is 17.7 Å². The number of carbonyl (C=O) groups is 1. The molecule has 0 aliphatic heterocycles. The summed E-state index contributed by atoms with van der Waals surface area (Å²) in [5.74, 6) is 0.0465. The summed E-state index contributed by atoms with van der Waals surface area (Å²) in [5, 5.41) is 3.13. The molecule has 3 aromatic rings. The minimum Gasteiger partial charge on any atom is -0.326 e. The van der Waals surface area contributed by atoms with Crippen LogP contribution in [0.15, 0.2) is 72.8 Å². The Morgan fingerprint density at radius 3 is 1.85 bits per heavy atom. The maximum Gasteiger partial charge on any atom is 0.228 e. The predicted octanol–water partition coefficient (Wildman–Crippen LogP) is 5.56. The molecular formula is C25H25NO. The first-order chi connectivity index (χ1) is 13.0. The van der Waals surface area contributed by atoms with Crippen molar-refractivity contribution in [3.63, 3.8) is 0 Å². The van der Waals surface area contributed by atoms with Gasteiger partial charge in [0, 0.05) is 11.1 Å². The maximum absolute atomic E-state index is 13.1. The number of hydrogen-bond donors (Lipinski definition) is 1. The average molecular weight is 355 g/mol. The van der Waals surface area contributed by atoms with E-state index in [1.165, 1.54) is 22.3 Å². The lowest BCUT2D eigenvalue weighted by Crippen LogP contribution is -2.22. The van der Waals surface area contributed by atoms with E-state index >= 15 is 0 Å². The van der Waals surface area contributed by atoms with E-state index in [2.05, 4.69) is 67.7 Å². The van der Waals surface area contributed by atoms with Gasteiger partial charge in [-0.3, -0.25) is 4.79 Å². The van der Waals surface area contributed by atoms with Gasteiger partial charge in [0.2, 0.25) is 5.91 Å². The molecule has 27 heavy (non-hydrogen) atoms. The van der Waals surface area contributed by atoms with Gasteiger partial charge in [-0.25, -0.2) is 0 Å². The Morgan fingerprint density at radius 1 is 0.815 bits per heavy atom. The molecule has 0 bridgehead atoms. The molecule has 1 fully saturated rings. The van der Waals surface area contributed by atoms with Crippen LogP contribution in [0.3, 0.4) is 0 Å². The SMILES string of the molecule is Cc1cccc(NC(=O)[C@H]2CC2(c2cccc(C)c2)c2cccc(C)c2)c1. The number of carbonyl (C=O) groups excluding carboxylic acids is 1. The second kappa shape index (κ2) is 6.70. The van der Waals surface area contributed by atoms with Crippen molar-refractivity contribution >= 4 is 11.6 Å². The molecule has 136 valence electrons. The molecule has 0 heterocycles. The molecule has 3 aromatic carbocycles. The molecule has 2 heteroatoms. The highest BCUT2D eigenvalue weighted by atomic mass is 16.2. The molecule has 4 rings (SSSR count). The van der Waals surface area contributed by atoms with Gasteiger partial charge >= 0.3 is 0 Å². The van der Waals surface area contributed by atoms with Crippen LogP contribution in [0.25, 0.3) is 0 Å². The van der Waals surface area contributed by atoms with Crippen LogP contribution in [-0.2, 0) is 10.2 Å². The summed E-state index contributed by atoms with van der Waals surface area (Å²) in [7, 11) is 0. The maximum atomic E-state index is 13.1. The van der Waals surface area contributed by atoms with Gasteiger partial charge in [0.05, 0.1) is 5.92 Å². The third kappa shape index (κ3) is 3.28. The number of rotatable bonds is 4. The summed E-state index contributed by atoms with van der Waals surface area (Å²) in [4.78, 5) is 13.1. The van der Waals surface area contributed by atoms with E-state index in [1.54, 1.807) is 0 Å². The first kappa shape index (κ1) is 17.5. The van der Waals surface area contributed by atoms with Gasteiger partial charge in [-0.15, -0.1) is 0 Å². The second-order valence-corrected chi connectivity index (χ2v) is 7.83. The van der Waals surface area contributed by atoms with Crippen LogP contribution in [0.1, 0.15) is 34.2 Å². The number of aryl methyl sites for hydroxylation is 3. The molecule has 1 saturated carbocycles. The average Bonchev–Trinajstić information content (AvgIpc) is 3.39. The summed E-state index contributed by atoms with van der Waals surface area (Å²) in [6.45, 7) is 6.26. The summed E-state index contributed by atoms with van der Waals surface area (Å²) >= 11 is 0. The number of anilines is 1. The van der Waals surface area contributed by atoms with Crippen molar-refractivity contribution < 1.29 is 4.79 Å². The van der Waals surface area contributed by atoms with Crippen molar-refractivity contribution in [1.82, 2.24) is 0 Å². The van der Waals surface area contributed by atoms with E-state index in [1.807, 2.05) is 31.2 Å². The molecule has 0 aromatic heterocycles. The number of amides is 1. The van der Waals surface area contributed by atoms with E-state index in [0.29, 0.717) is 0 Å². The molecule has 1 aliphatic rings. The fourth-order valence-corrected chi connectivity index (χ4v) is 4.18. The molecule has 0 spiro atoms. The van der Waals surface area contributed by atoms with Crippen LogP contribution in [-0.4, -0.2) is 5.91 Å². The van der Waals surface area contributed by atoms with E-state index < -0.39 is 0 Å². The lowest BCUT2D eigenvalue weighted by Gasteiger charge is -2.20. The Bertz CT molecular complexity index is 959. The van der Waals surface area contributed by atoms with Crippen LogP contribution in [0.2, 0.25) is 0 Å². The second-order valence-electron chi connectivity index (χ2n) is 7.83. The van der Waals surface area contributed by atoms with Gasteiger partial charge < -0.3 is 5.32 Å². The topological polar surface area (TPSA) is 29.1 Å². The Labute approximate surface area is 161 Å². The van der Waals surface area contributed by atoms with Gasteiger partial charge in [0.1, 0.15) is 0 Å². The lowest BCUT2D eigenvalue weighted by atomic mass is 9.84. The summed E-state index contributed by atoms with van der Waals surface area (Å²) < 4.78 is 0. The van der Waals surface area contributed by atoms with Crippen LogP contribution >= 0.6 is 0 Å². The van der Waals surface area contributed by atoms with Crippen LogP contribution in [0.4, 0.5) is 5.69 Å². The first-order valence-electron chi connectivity index (χ1n) is 9.51. The van der Waals surface area contributed by atoms with Crippen molar-refractivity contribution in [2.45, 2.75) is 32.6 Å². The molecule has 2 nitrogen and oxygen atoms in total. The third-order valence-electron chi connectivity index (χ3n) is 5.63. The summed E-state index contributed by atoms with van der Waals surface area (Å²) in [6.07, 6.45) is 0.845. The third-order valence-corrected chi connectivity index (χ3v) is 5.63. The lowest BCUT2D eigenvalue weighted by molar-refractivity contribution is -0.117. The van der Waals surface area contributed by atoms with E-state index in [9.17, 15) is 4.79 Å². The van der Waals surface area contributed by atoms with Gasteiger partial charge in [-0.05, 0) is 56.0 Å². The van der Waals surface area contributed by atoms with Gasteiger partial charge in [0.15, 0.2) is 0 Å². The van der Waals surface area contributed by atoms with Crippen LogP contribution in [0, 0.1) is 26.7 Å². The van der Waals surface area contributed by atoms with E-state index in [4.69, 9.17) is 0 Å². The standard InChI is InChI=1S/C25H25NO/c1-17-7-4-10-20(13-17)25(21-11-5-8-18(2)14-21)16-23(25)24(27)26-22-12-6-9-19(3)15-22/h4-15,23H,16H2,1-3H3,(H,26,27)/t23-/m1/s1. The van der Waals surface area contributed by atoms with Gasteiger partial charge in [-0.2, -0.15) is 0 Å². The number of nitrogens with one attached hydrogen (secondary N) is 1. The fraction of sp³-hybridized carbons (Fsp3) is 0.240. The molecule has 1 aliphatic carbocycles. The van der Waals surface area contributed by atoms with Gasteiger partial charge in [0.25, 0.3) is 0 Å². The Balaban J connectivity index is 1.70. The van der Waals surface area contributed by atoms with Gasteiger partial charge in [-0.1, -0.05) is 71.8 Å². The molecule has 1 N–H and O–H groups in total.